The maximum absolute atomic E-state index is 5.54. The minimum Gasteiger partial charge on any atom is -0.156 e. The highest BCUT2D eigenvalue weighted by atomic mass is 35.5. The van der Waals surface area contributed by atoms with Gasteiger partial charge in [-0.1, -0.05) is 6.92 Å². The van der Waals surface area contributed by atoms with E-state index in [1.165, 1.54) is 0 Å². The van der Waals surface area contributed by atoms with Gasteiger partial charge in [0.1, 0.15) is 0 Å². The minimum atomic E-state index is 0.448. The average Bonchev–Trinajstić information content (AvgIpc) is 1.83. The Morgan fingerprint density at radius 3 is 2.00 bits per heavy atom. The van der Waals surface area contributed by atoms with Crippen molar-refractivity contribution in [1.29, 1.82) is 0 Å². The van der Waals surface area contributed by atoms with E-state index in [0.29, 0.717) is 17.0 Å². The van der Waals surface area contributed by atoms with Crippen molar-refractivity contribution in [2.45, 2.75) is 12.2 Å². The first-order valence-electron chi connectivity index (χ1n) is 2.58. The number of hydrogen-bond acceptors (Lipinski definition) is 1. The smallest absolute Gasteiger partial charge is 0.0354 e. The van der Waals surface area contributed by atoms with Crippen LogP contribution >= 0.6 is 35.0 Å². The van der Waals surface area contributed by atoms with E-state index in [2.05, 4.69) is 6.92 Å². The van der Waals surface area contributed by atoms with Gasteiger partial charge in [0.05, 0.1) is 0 Å². The van der Waals surface area contributed by atoms with Crippen LogP contribution in [0.2, 0.25) is 0 Å². The highest BCUT2D eigenvalue weighted by molar-refractivity contribution is 8.00. The predicted molar refractivity (Wildman–Crippen MR) is 43.4 cm³/mol. The number of hydrogen-bond donors (Lipinski definition) is 0. The Morgan fingerprint density at radius 2 is 1.88 bits per heavy atom. The number of thioether (sulfide) groups is 1. The van der Waals surface area contributed by atoms with Gasteiger partial charge in [-0.15, -0.1) is 23.2 Å². The molecule has 0 aliphatic carbocycles. The molecule has 0 aliphatic rings. The molecule has 0 spiro atoms. The fourth-order valence-corrected chi connectivity index (χ4v) is 1.88. The molecule has 0 amide bonds. The second kappa shape index (κ2) is 6.06. The molecule has 0 rings (SSSR count). The third-order valence-electron chi connectivity index (χ3n) is 0.747. The molecule has 3 heteroatoms. The molecular weight excluding hydrogens is 163 g/mol. The Morgan fingerprint density at radius 1 is 1.38 bits per heavy atom. The second-order valence-electron chi connectivity index (χ2n) is 1.39. The van der Waals surface area contributed by atoms with Crippen LogP contribution in [-0.2, 0) is 0 Å². The van der Waals surface area contributed by atoms with Gasteiger partial charge >= 0.3 is 0 Å². The van der Waals surface area contributed by atoms with Gasteiger partial charge in [-0.05, 0) is 5.75 Å². The molecule has 0 N–H and O–H groups in total. The predicted octanol–water partition coefficient (Wildman–Crippen LogP) is 2.59. The lowest BCUT2D eigenvalue weighted by atomic mass is 10.6. The summed E-state index contributed by atoms with van der Waals surface area (Å²) < 4.78 is 0. The molecule has 0 aromatic heterocycles. The van der Waals surface area contributed by atoms with Crippen molar-refractivity contribution >= 4 is 35.0 Å². The molecule has 0 saturated carbocycles. The molecule has 0 aliphatic heterocycles. The van der Waals surface area contributed by atoms with E-state index in [1.54, 1.807) is 0 Å². The summed E-state index contributed by atoms with van der Waals surface area (Å²) in [5.74, 6) is 2.44. The topological polar surface area (TPSA) is 0 Å². The molecule has 0 radical (unpaired) electrons. The summed E-state index contributed by atoms with van der Waals surface area (Å²) in [6, 6.07) is 0. The zero-order valence-corrected chi connectivity index (χ0v) is 7.19. The Bertz CT molecular complexity index is 45.7. The molecule has 0 nitrogen and oxygen atoms in total. The summed E-state index contributed by atoms with van der Waals surface area (Å²) in [5.41, 5.74) is 0. The van der Waals surface area contributed by atoms with Crippen LogP contribution in [0.15, 0.2) is 0 Å². The first kappa shape index (κ1) is 8.93. The van der Waals surface area contributed by atoms with E-state index in [0.717, 1.165) is 5.75 Å². The lowest BCUT2D eigenvalue weighted by Gasteiger charge is -2.05. The van der Waals surface area contributed by atoms with Gasteiger partial charge in [-0.2, -0.15) is 11.8 Å². The Hall–Kier alpha value is 0.930. The largest absolute Gasteiger partial charge is 0.156 e. The van der Waals surface area contributed by atoms with Gasteiger partial charge in [-0.3, -0.25) is 0 Å². The number of alkyl halides is 2. The van der Waals surface area contributed by atoms with Crippen LogP contribution < -0.4 is 0 Å². The molecule has 0 aromatic rings. The van der Waals surface area contributed by atoms with Crippen LogP contribution in [0.1, 0.15) is 6.92 Å². The van der Waals surface area contributed by atoms with Crippen molar-refractivity contribution < 1.29 is 0 Å². The lowest BCUT2D eigenvalue weighted by Crippen LogP contribution is -2.05. The Balaban J connectivity index is 3.07. The van der Waals surface area contributed by atoms with E-state index < -0.39 is 0 Å². The summed E-state index contributed by atoms with van der Waals surface area (Å²) in [6.07, 6.45) is 0. The molecule has 0 bridgehead atoms. The summed E-state index contributed by atoms with van der Waals surface area (Å²) >= 11 is 12.9. The molecule has 0 saturated heterocycles. The lowest BCUT2D eigenvalue weighted by molar-refractivity contribution is 1.13. The van der Waals surface area contributed by atoms with Crippen LogP contribution in [0.4, 0.5) is 0 Å². The standard InChI is InChI=1S/C5H10Cl2S/c1-2-8-5(3-6)4-7/h5H,2-4H2,1H3. The first-order valence-corrected chi connectivity index (χ1v) is 4.70. The van der Waals surface area contributed by atoms with E-state index in [4.69, 9.17) is 23.2 Å². The van der Waals surface area contributed by atoms with Crippen molar-refractivity contribution in [3.8, 4) is 0 Å². The zero-order valence-electron chi connectivity index (χ0n) is 4.86. The monoisotopic (exact) mass is 172 g/mol. The molecule has 50 valence electrons. The van der Waals surface area contributed by atoms with Crippen LogP contribution in [0.3, 0.4) is 0 Å². The van der Waals surface area contributed by atoms with Crippen molar-refractivity contribution in [2.75, 3.05) is 17.5 Å². The minimum absolute atomic E-state index is 0.448. The molecule has 0 fully saturated rings. The molecule has 0 atom stereocenters. The molecular formula is C5H10Cl2S. The summed E-state index contributed by atoms with van der Waals surface area (Å²) in [7, 11) is 0. The first-order chi connectivity index (χ1) is 3.85. The summed E-state index contributed by atoms with van der Waals surface area (Å²) in [6.45, 7) is 2.11. The van der Waals surface area contributed by atoms with Gasteiger partial charge in [0.2, 0.25) is 0 Å². The number of halogens is 2. The van der Waals surface area contributed by atoms with Crippen molar-refractivity contribution in [2.24, 2.45) is 0 Å². The van der Waals surface area contributed by atoms with Crippen molar-refractivity contribution in [3.63, 3.8) is 0 Å². The molecule has 8 heavy (non-hydrogen) atoms. The summed E-state index contributed by atoms with van der Waals surface area (Å²) in [4.78, 5) is 0. The van der Waals surface area contributed by atoms with E-state index in [-0.39, 0.29) is 0 Å². The van der Waals surface area contributed by atoms with E-state index in [9.17, 15) is 0 Å². The van der Waals surface area contributed by atoms with Gasteiger partial charge in [0, 0.05) is 17.0 Å². The Kier molecular flexibility index (Phi) is 6.76. The quantitative estimate of drug-likeness (QED) is 0.589. The summed E-state index contributed by atoms with van der Waals surface area (Å²) in [5, 5.41) is 0.448. The fraction of sp³-hybridized carbons (Fsp3) is 1.00. The zero-order chi connectivity index (χ0) is 6.41. The van der Waals surface area contributed by atoms with Crippen LogP contribution in [0, 0.1) is 0 Å². The van der Waals surface area contributed by atoms with E-state index in [1.807, 2.05) is 11.8 Å². The Labute approximate surface area is 64.9 Å². The maximum Gasteiger partial charge on any atom is 0.0354 e. The second-order valence-corrected chi connectivity index (χ2v) is 3.58. The van der Waals surface area contributed by atoms with Crippen LogP contribution in [0.25, 0.3) is 0 Å². The SMILES string of the molecule is CCSC(CCl)CCl. The number of rotatable bonds is 4. The van der Waals surface area contributed by atoms with Gasteiger partial charge in [-0.25, -0.2) is 0 Å². The van der Waals surface area contributed by atoms with E-state index >= 15 is 0 Å². The van der Waals surface area contributed by atoms with Crippen molar-refractivity contribution in [1.82, 2.24) is 0 Å². The molecule has 0 unspecified atom stereocenters. The third kappa shape index (κ3) is 3.88. The normalized spacial score (nSPS) is 10.5. The average molecular weight is 173 g/mol. The van der Waals surface area contributed by atoms with Gasteiger partial charge in [0.25, 0.3) is 0 Å². The maximum atomic E-state index is 5.54. The highest BCUT2D eigenvalue weighted by Crippen LogP contribution is 2.12. The van der Waals surface area contributed by atoms with Gasteiger partial charge < -0.3 is 0 Å². The van der Waals surface area contributed by atoms with Crippen LogP contribution in [0.5, 0.6) is 0 Å². The molecule has 0 aromatic carbocycles. The van der Waals surface area contributed by atoms with Crippen molar-refractivity contribution in [3.05, 3.63) is 0 Å². The highest BCUT2D eigenvalue weighted by Gasteiger charge is 2.02. The van der Waals surface area contributed by atoms with Crippen LogP contribution in [-0.4, -0.2) is 22.8 Å². The third-order valence-corrected chi connectivity index (χ3v) is 3.00. The molecule has 0 heterocycles. The fourth-order valence-electron chi connectivity index (χ4n) is 0.366. The van der Waals surface area contributed by atoms with Gasteiger partial charge in [0.15, 0.2) is 0 Å².